The highest BCUT2D eigenvalue weighted by Gasteiger charge is 2.30. The molecular weight excluding hydrogens is 272 g/mol. The number of carbonyl (C=O) groups excluding carboxylic acids is 1. The van der Waals surface area contributed by atoms with Gasteiger partial charge in [0.2, 0.25) is 5.91 Å². The second-order valence-corrected chi connectivity index (χ2v) is 7.11. The summed E-state index contributed by atoms with van der Waals surface area (Å²) >= 11 is 1.66. The molecule has 1 amide bonds. The van der Waals surface area contributed by atoms with Gasteiger partial charge >= 0.3 is 0 Å². The zero-order valence-electron chi connectivity index (χ0n) is 13.0. The Morgan fingerprint density at radius 2 is 2.20 bits per heavy atom. The predicted octanol–water partition coefficient (Wildman–Crippen LogP) is 1.70. The van der Waals surface area contributed by atoms with E-state index in [1.54, 1.807) is 11.8 Å². The van der Waals surface area contributed by atoms with Gasteiger partial charge in [-0.15, -0.1) is 0 Å². The minimum absolute atomic E-state index is 0.109. The van der Waals surface area contributed by atoms with Crippen LogP contribution in [0.5, 0.6) is 0 Å². The average Bonchev–Trinajstić information content (AvgIpc) is 3.24. The second kappa shape index (κ2) is 7.66. The van der Waals surface area contributed by atoms with Gasteiger partial charge in [0.1, 0.15) is 0 Å². The SMILES string of the molecule is CC[C@H](SC)C(=O)N1CCO[C@@H](CN(C)CC2CC2)C1. The van der Waals surface area contributed by atoms with Crippen molar-refractivity contribution in [3.63, 3.8) is 0 Å². The molecule has 4 nitrogen and oxygen atoms in total. The van der Waals surface area contributed by atoms with E-state index >= 15 is 0 Å². The maximum atomic E-state index is 12.4. The van der Waals surface area contributed by atoms with Crippen molar-refractivity contribution in [2.24, 2.45) is 5.92 Å². The minimum atomic E-state index is 0.109. The molecule has 0 aromatic heterocycles. The number of carbonyl (C=O) groups is 1. The Bertz CT molecular complexity index is 319. The van der Waals surface area contributed by atoms with E-state index < -0.39 is 0 Å². The molecule has 1 saturated heterocycles. The van der Waals surface area contributed by atoms with Gasteiger partial charge in [-0.25, -0.2) is 0 Å². The smallest absolute Gasteiger partial charge is 0.235 e. The predicted molar refractivity (Wildman–Crippen MR) is 84.1 cm³/mol. The van der Waals surface area contributed by atoms with Crippen molar-refractivity contribution in [1.29, 1.82) is 0 Å². The van der Waals surface area contributed by atoms with E-state index in [2.05, 4.69) is 18.9 Å². The summed E-state index contributed by atoms with van der Waals surface area (Å²) in [5, 5.41) is 0.109. The number of morpholine rings is 1. The number of hydrogen-bond acceptors (Lipinski definition) is 4. The first-order chi connectivity index (χ1) is 9.63. The zero-order chi connectivity index (χ0) is 14.5. The van der Waals surface area contributed by atoms with Crippen LogP contribution in [0.25, 0.3) is 0 Å². The molecule has 0 spiro atoms. The van der Waals surface area contributed by atoms with Crippen molar-refractivity contribution in [3.05, 3.63) is 0 Å². The third-order valence-electron chi connectivity index (χ3n) is 4.16. The lowest BCUT2D eigenvalue weighted by atomic mass is 10.2. The fourth-order valence-electron chi connectivity index (χ4n) is 2.84. The van der Waals surface area contributed by atoms with Crippen LogP contribution in [0.15, 0.2) is 0 Å². The first-order valence-electron chi connectivity index (χ1n) is 7.75. The summed E-state index contributed by atoms with van der Waals surface area (Å²) in [6.07, 6.45) is 5.87. The summed E-state index contributed by atoms with van der Waals surface area (Å²) < 4.78 is 5.84. The standard InChI is InChI=1S/C15H28N2O2S/c1-4-14(20-3)15(18)17-7-8-19-13(11-17)10-16(2)9-12-5-6-12/h12-14H,4-11H2,1-3H3/t13-,14-/m0/s1. The van der Waals surface area contributed by atoms with Crippen molar-refractivity contribution >= 4 is 17.7 Å². The number of ether oxygens (including phenoxy) is 1. The normalized spacial score (nSPS) is 25.0. The molecule has 2 atom stereocenters. The van der Waals surface area contributed by atoms with Crippen molar-refractivity contribution in [3.8, 4) is 0 Å². The molecule has 5 heteroatoms. The number of likely N-dealkylation sites (N-methyl/N-ethyl adjacent to an activating group) is 1. The van der Waals surface area contributed by atoms with E-state index in [1.165, 1.54) is 19.4 Å². The fourth-order valence-corrected chi connectivity index (χ4v) is 3.52. The summed E-state index contributed by atoms with van der Waals surface area (Å²) in [6.45, 7) is 6.38. The van der Waals surface area contributed by atoms with Gasteiger partial charge in [-0.2, -0.15) is 11.8 Å². The highest BCUT2D eigenvalue weighted by Crippen LogP contribution is 2.29. The first-order valence-corrected chi connectivity index (χ1v) is 9.04. The van der Waals surface area contributed by atoms with E-state index in [-0.39, 0.29) is 17.3 Å². The van der Waals surface area contributed by atoms with Crippen LogP contribution in [0, 0.1) is 5.92 Å². The largest absolute Gasteiger partial charge is 0.373 e. The Kier molecular flexibility index (Phi) is 6.18. The van der Waals surface area contributed by atoms with Crippen LogP contribution in [0.4, 0.5) is 0 Å². The molecule has 0 aromatic carbocycles. The molecule has 0 bridgehead atoms. The molecule has 20 heavy (non-hydrogen) atoms. The van der Waals surface area contributed by atoms with Gasteiger partial charge in [-0.3, -0.25) is 4.79 Å². The molecule has 2 aliphatic rings. The lowest BCUT2D eigenvalue weighted by Crippen LogP contribution is -2.51. The number of thioether (sulfide) groups is 1. The van der Waals surface area contributed by atoms with Crippen LogP contribution in [0.2, 0.25) is 0 Å². The molecule has 1 aliphatic heterocycles. The average molecular weight is 300 g/mol. The number of rotatable bonds is 7. The van der Waals surface area contributed by atoms with Gasteiger partial charge in [0.15, 0.2) is 0 Å². The summed E-state index contributed by atoms with van der Waals surface area (Å²) in [6, 6.07) is 0. The summed E-state index contributed by atoms with van der Waals surface area (Å²) in [4.78, 5) is 16.8. The van der Waals surface area contributed by atoms with E-state index in [4.69, 9.17) is 4.74 Å². The minimum Gasteiger partial charge on any atom is -0.373 e. The molecule has 1 saturated carbocycles. The van der Waals surface area contributed by atoms with Gasteiger partial charge in [-0.05, 0) is 38.5 Å². The van der Waals surface area contributed by atoms with Crippen molar-refractivity contribution in [1.82, 2.24) is 9.80 Å². The summed E-state index contributed by atoms with van der Waals surface area (Å²) in [5.74, 6) is 1.19. The van der Waals surface area contributed by atoms with Crippen molar-refractivity contribution in [2.75, 3.05) is 46.1 Å². The summed E-state index contributed by atoms with van der Waals surface area (Å²) in [5.41, 5.74) is 0. The Hall–Kier alpha value is -0.260. The Morgan fingerprint density at radius 1 is 1.45 bits per heavy atom. The third kappa shape index (κ3) is 4.64. The molecule has 1 heterocycles. The lowest BCUT2D eigenvalue weighted by molar-refractivity contribution is -0.138. The van der Waals surface area contributed by atoms with E-state index in [0.29, 0.717) is 6.61 Å². The number of nitrogens with zero attached hydrogens (tertiary/aromatic N) is 2. The van der Waals surface area contributed by atoms with Gasteiger partial charge in [0.05, 0.1) is 18.0 Å². The van der Waals surface area contributed by atoms with Crippen LogP contribution in [-0.2, 0) is 9.53 Å². The van der Waals surface area contributed by atoms with Crippen LogP contribution < -0.4 is 0 Å². The lowest BCUT2D eigenvalue weighted by Gasteiger charge is -2.36. The molecule has 0 aromatic rings. The topological polar surface area (TPSA) is 32.8 Å². The van der Waals surface area contributed by atoms with E-state index in [0.717, 1.165) is 32.0 Å². The highest BCUT2D eigenvalue weighted by atomic mass is 32.2. The first kappa shape index (κ1) is 16.1. The van der Waals surface area contributed by atoms with Crippen LogP contribution in [0.3, 0.4) is 0 Å². The van der Waals surface area contributed by atoms with Crippen LogP contribution in [-0.4, -0.2) is 73.2 Å². The molecule has 1 aliphatic carbocycles. The fraction of sp³-hybridized carbons (Fsp3) is 0.933. The van der Waals surface area contributed by atoms with E-state index in [9.17, 15) is 4.79 Å². The molecule has 2 fully saturated rings. The van der Waals surface area contributed by atoms with Gasteiger partial charge < -0.3 is 14.5 Å². The molecule has 0 N–H and O–H groups in total. The molecule has 0 radical (unpaired) electrons. The monoisotopic (exact) mass is 300 g/mol. The maximum absolute atomic E-state index is 12.4. The van der Waals surface area contributed by atoms with Crippen molar-refractivity contribution < 1.29 is 9.53 Å². The summed E-state index contributed by atoms with van der Waals surface area (Å²) in [7, 11) is 2.17. The van der Waals surface area contributed by atoms with Crippen LogP contribution >= 0.6 is 11.8 Å². The van der Waals surface area contributed by atoms with Gasteiger partial charge in [0, 0.05) is 26.2 Å². The molecule has 2 rings (SSSR count). The number of hydrogen-bond donors (Lipinski definition) is 0. The molecule has 0 unspecified atom stereocenters. The zero-order valence-corrected chi connectivity index (χ0v) is 13.8. The van der Waals surface area contributed by atoms with Gasteiger partial charge in [0.25, 0.3) is 0 Å². The third-order valence-corrected chi connectivity index (χ3v) is 5.27. The molecule has 116 valence electrons. The second-order valence-electron chi connectivity index (χ2n) is 6.07. The molecular formula is C15H28N2O2S. The number of amides is 1. The maximum Gasteiger partial charge on any atom is 0.235 e. The Morgan fingerprint density at radius 3 is 2.80 bits per heavy atom. The van der Waals surface area contributed by atoms with Gasteiger partial charge in [-0.1, -0.05) is 6.92 Å². The highest BCUT2D eigenvalue weighted by molar-refractivity contribution is 7.99. The van der Waals surface area contributed by atoms with Crippen LogP contribution in [0.1, 0.15) is 26.2 Å². The Labute approximate surface area is 127 Å². The van der Waals surface area contributed by atoms with E-state index in [1.807, 2.05) is 11.2 Å². The quantitative estimate of drug-likeness (QED) is 0.716. The van der Waals surface area contributed by atoms with Crippen molar-refractivity contribution in [2.45, 2.75) is 37.5 Å². The Balaban J connectivity index is 1.79.